The molecule has 8 nitrogen and oxygen atoms in total. The Morgan fingerprint density at radius 1 is 1.03 bits per heavy atom. The monoisotopic (exact) mass is 446 g/mol. The minimum Gasteiger partial charge on any atom is -0.292 e. The van der Waals surface area contributed by atoms with Crippen LogP contribution in [0.5, 0.6) is 0 Å². The highest BCUT2D eigenvalue weighted by molar-refractivity contribution is 6.23. The number of rotatable bonds is 3. The van der Waals surface area contributed by atoms with Crippen molar-refractivity contribution in [3.8, 4) is 0 Å². The van der Waals surface area contributed by atoms with Crippen LogP contribution >= 0.6 is 0 Å². The number of nitrogens with one attached hydrogen (secondary N) is 1. The van der Waals surface area contributed by atoms with E-state index in [0.29, 0.717) is 0 Å². The SMILES string of the molecule is CC(C)(C)C(=O)[C@H]1[C@@H]2C(=O)N(c3cccc([N+](=O)[O-])c3)C(=O)[C@@H]2[C@H]2c3ccccc3C=C[NH+]21. The number of carbonyl (C=O) groups excluding carboxylic acids is 3. The van der Waals surface area contributed by atoms with Crippen LogP contribution < -0.4 is 9.80 Å². The van der Waals surface area contributed by atoms with Gasteiger partial charge in [0.2, 0.25) is 11.8 Å². The van der Waals surface area contributed by atoms with Crippen molar-refractivity contribution in [1.29, 1.82) is 0 Å². The van der Waals surface area contributed by atoms with Gasteiger partial charge in [0.15, 0.2) is 11.8 Å². The van der Waals surface area contributed by atoms with Crippen LogP contribution in [0.2, 0.25) is 0 Å². The van der Waals surface area contributed by atoms with Crippen LogP contribution in [0.15, 0.2) is 54.7 Å². The molecule has 168 valence electrons. The van der Waals surface area contributed by atoms with Gasteiger partial charge in [-0.25, -0.2) is 4.90 Å². The number of nitrogens with zero attached hydrogens (tertiary/aromatic N) is 2. The summed E-state index contributed by atoms with van der Waals surface area (Å²) >= 11 is 0. The van der Waals surface area contributed by atoms with Gasteiger partial charge in [-0.2, -0.15) is 0 Å². The van der Waals surface area contributed by atoms with Gasteiger partial charge in [0.25, 0.3) is 5.69 Å². The Morgan fingerprint density at radius 2 is 1.73 bits per heavy atom. The predicted octanol–water partition coefficient (Wildman–Crippen LogP) is 2.31. The smallest absolute Gasteiger partial charge is 0.271 e. The molecule has 0 bridgehead atoms. The first-order valence-corrected chi connectivity index (χ1v) is 10.9. The number of nitro groups is 1. The molecule has 1 N–H and O–H groups in total. The number of benzene rings is 2. The van der Waals surface area contributed by atoms with Gasteiger partial charge in [0.1, 0.15) is 17.9 Å². The molecule has 5 atom stereocenters. The van der Waals surface area contributed by atoms with Crippen molar-refractivity contribution < 1.29 is 24.2 Å². The summed E-state index contributed by atoms with van der Waals surface area (Å²) in [6.45, 7) is 5.45. The van der Waals surface area contributed by atoms with E-state index in [4.69, 9.17) is 0 Å². The first-order chi connectivity index (χ1) is 15.6. The number of hydrogen-bond donors (Lipinski definition) is 1. The largest absolute Gasteiger partial charge is 0.292 e. The lowest BCUT2D eigenvalue weighted by molar-refractivity contribution is -0.885. The predicted molar refractivity (Wildman–Crippen MR) is 120 cm³/mol. The van der Waals surface area contributed by atoms with Crippen molar-refractivity contribution in [3.05, 3.63) is 76.0 Å². The summed E-state index contributed by atoms with van der Waals surface area (Å²) in [5.41, 5.74) is 1.14. The van der Waals surface area contributed by atoms with Gasteiger partial charge in [-0.1, -0.05) is 51.1 Å². The van der Waals surface area contributed by atoms with E-state index in [0.717, 1.165) is 20.9 Å². The third-order valence-electron chi connectivity index (χ3n) is 6.94. The van der Waals surface area contributed by atoms with Crippen LogP contribution in [-0.2, 0) is 14.4 Å². The Hall–Kier alpha value is -3.65. The topological polar surface area (TPSA) is 102 Å². The van der Waals surface area contributed by atoms with Gasteiger partial charge in [-0.05, 0) is 17.7 Å². The van der Waals surface area contributed by atoms with E-state index in [1.165, 1.54) is 24.3 Å². The maximum absolute atomic E-state index is 13.7. The molecule has 33 heavy (non-hydrogen) atoms. The van der Waals surface area contributed by atoms with Crippen molar-refractivity contribution in [2.24, 2.45) is 17.3 Å². The standard InChI is InChI=1S/C25H23N3O5/c1-25(2,3)22(29)21-19-18(20-17-10-5-4-7-14(17)11-12-26(20)21)23(30)27(24(19)31)15-8-6-9-16(13-15)28(32)33/h4-13,18-21H,1-3H3/p+1/t18-,19+,20+,21+/m0/s1. The summed E-state index contributed by atoms with van der Waals surface area (Å²) in [6.07, 6.45) is 3.84. The Morgan fingerprint density at radius 3 is 2.42 bits per heavy atom. The van der Waals surface area contributed by atoms with E-state index in [1.807, 2.05) is 57.3 Å². The third kappa shape index (κ3) is 3.05. The fraction of sp³-hybridized carbons (Fsp3) is 0.320. The molecule has 3 aliphatic rings. The Kier molecular flexibility index (Phi) is 4.61. The Balaban J connectivity index is 1.66. The maximum atomic E-state index is 13.7. The highest BCUT2D eigenvalue weighted by Crippen LogP contribution is 2.46. The van der Waals surface area contributed by atoms with Crippen LogP contribution in [0.25, 0.3) is 6.08 Å². The number of fused-ring (bicyclic) bond motifs is 5. The molecule has 3 aliphatic heterocycles. The summed E-state index contributed by atoms with van der Waals surface area (Å²) in [5.74, 6) is -2.53. The zero-order chi connectivity index (χ0) is 23.7. The van der Waals surface area contributed by atoms with Gasteiger partial charge in [0.05, 0.1) is 16.8 Å². The van der Waals surface area contributed by atoms with Crippen LogP contribution in [-0.4, -0.2) is 28.6 Å². The number of non-ortho nitro benzene ring substituents is 1. The lowest BCUT2D eigenvalue weighted by Gasteiger charge is -2.32. The zero-order valence-electron chi connectivity index (χ0n) is 18.5. The van der Waals surface area contributed by atoms with Crippen molar-refractivity contribution >= 4 is 35.0 Å². The quantitative estimate of drug-likeness (QED) is 0.443. The molecule has 5 rings (SSSR count). The lowest BCUT2D eigenvalue weighted by atomic mass is 9.79. The maximum Gasteiger partial charge on any atom is 0.271 e. The van der Waals surface area contributed by atoms with Gasteiger partial charge >= 0.3 is 0 Å². The minimum absolute atomic E-state index is 0.0823. The van der Waals surface area contributed by atoms with Crippen molar-refractivity contribution in [1.82, 2.24) is 0 Å². The van der Waals surface area contributed by atoms with E-state index < -0.39 is 40.0 Å². The first kappa shape index (κ1) is 21.2. The number of hydrogen-bond acceptors (Lipinski definition) is 5. The number of quaternary nitrogens is 1. The molecule has 2 saturated heterocycles. The Bertz CT molecular complexity index is 1240. The van der Waals surface area contributed by atoms with Gasteiger partial charge in [-0.3, -0.25) is 29.4 Å². The molecule has 0 spiro atoms. The third-order valence-corrected chi connectivity index (χ3v) is 6.94. The zero-order valence-corrected chi connectivity index (χ0v) is 18.5. The summed E-state index contributed by atoms with van der Waals surface area (Å²) in [7, 11) is 0. The Labute approximate surface area is 190 Å². The van der Waals surface area contributed by atoms with Crippen molar-refractivity contribution in [3.63, 3.8) is 0 Å². The average molecular weight is 446 g/mol. The van der Waals surface area contributed by atoms with E-state index in [2.05, 4.69) is 0 Å². The highest BCUT2D eigenvalue weighted by atomic mass is 16.6. The molecule has 0 radical (unpaired) electrons. The fourth-order valence-electron chi connectivity index (χ4n) is 5.52. The summed E-state index contributed by atoms with van der Waals surface area (Å²) in [5, 5.41) is 11.3. The number of anilines is 1. The molecular formula is C25H24N3O5+. The number of Topliss-reactive ketones (excluding diaryl/α,β-unsaturated/α-hetero) is 1. The summed E-state index contributed by atoms with van der Waals surface area (Å²) in [6, 6.07) is 12.1. The molecule has 2 fully saturated rings. The molecule has 0 aliphatic carbocycles. The number of ketones is 1. The average Bonchev–Trinajstić information content (AvgIpc) is 3.25. The van der Waals surface area contributed by atoms with E-state index in [9.17, 15) is 24.5 Å². The summed E-state index contributed by atoms with van der Waals surface area (Å²) < 4.78 is 0. The first-order valence-electron chi connectivity index (χ1n) is 10.9. The molecule has 3 heterocycles. The number of nitro benzene ring substituents is 1. The van der Waals surface area contributed by atoms with Gasteiger partial charge in [-0.15, -0.1) is 0 Å². The second kappa shape index (κ2) is 7.18. The van der Waals surface area contributed by atoms with E-state index >= 15 is 0 Å². The van der Waals surface area contributed by atoms with E-state index in [1.54, 1.807) is 0 Å². The minimum atomic E-state index is -0.834. The van der Waals surface area contributed by atoms with Gasteiger partial charge < -0.3 is 0 Å². The normalized spacial score (nSPS) is 27.8. The molecule has 1 unspecified atom stereocenters. The van der Waals surface area contributed by atoms with Crippen LogP contribution in [0.4, 0.5) is 11.4 Å². The molecule has 2 aromatic carbocycles. The van der Waals surface area contributed by atoms with Crippen molar-refractivity contribution in [2.75, 3.05) is 4.90 Å². The fourth-order valence-corrected chi connectivity index (χ4v) is 5.52. The molecule has 2 amide bonds. The van der Waals surface area contributed by atoms with Crippen LogP contribution in [0.3, 0.4) is 0 Å². The molecular weight excluding hydrogens is 422 g/mol. The van der Waals surface area contributed by atoms with Crippen molar-refractivity contribution in [2.45, 2.75) is 32.9 Å². The molecule has 0 saturated carbocycles. The molecule has 2 aromatic rings. The van der Waals surface area contributed by atoms with Crippen LogP contribution in [0, 0.1) is 27.4 Å². The summed E-state index contributed by atoms with van der Waals surface area (Å²) in [4.78, 5) is 53.6. The second-order valence-electron chi connectivity index (χ2n) is 9.87. The molecule has 8 heteroatoms. The van der Waals surface area contributed by atoms with Gasteiger partial charge in [0, 0.05) is 23.1 Å². The highest BCUT2D eigenvalue weighted by Gasteiger charge is 2.68. The lowest BCUT2D eigenvalue weighted by Crippen LogP contribution is -3.12. The number of carbonyl (C=O) groups is 3. The molecule has 0 aromatic heterocycles. The van der Waals surface area contributed by atoms with E-state index in [-0.39, 0.29) is 23.2 Å². The number of amides is 2. The second-order valence-corrected chi connectivity index (χ2v) is 9.87. The number of imide groups is 1. The van der Waals surface area contributed by atoms with Crippen LogP contribution in [0.1, 0.15) is 37.9 Å².